The number of nitrogens with zero attached hydrogens (tertiary/aromatic N) is 2. The van der Waals surface area contributed by atoms with Gasteiger partial charge in [-0.25, -0.2) is 4.79 Å². The highest BCUT2D eigenvalue weighted by Crippen LogP contribution is 2.32. The molecule has 3 aromatic rings. The Kier molecular flexibility index (Phi) is 7.48. The molecule has 1 unspecified atom stereocenters. The van der Waals surface area contributed by atoms with Crippen molar-refractivity contribution in [3.05, 3.63) is 60.0 Å². The van der Waals surface area contributed by atoms with Crippen molar-refractivity contribution in [1.82, 2.24) is 10.2 Å². The maximum Gasteiger partial charge on any atom is 0.416 e. The minimum absolute atomic E-state index is 0.0912. The predicted molar refractivity (Wildman–Crippen MR) is 116 cm³/mol. The highest BCUT2D eigenvalue weighted by Gasteiger charge is 2.31. The summed E-state index contributed by atoms with van der Waals surface area (Å²) in [7, 11) is 0. The molecule has 1 heterocycles. The first kappa shape index (κ1) is 25.1. The number of carboxylic acids is 1. The standard InChI is InChI=1S/C24H25F3N2O5/c1-4-5-6-19(32-17-11-13-18(14-12-17)34-23(2,3)22(30)31)21-29-28-20(33-21)15-7-9-16(10-8-15)24(25,26)27/h7-14,19H,4-6H2,1-3H3,(H,30,31). The van der Waals surface area contributed by atoms with E-state index in [-0.39, 0.29) is 11.8 Å². The largest absolute Gasteiger partial charge is 0.481 e. The number of benzene rings is 2. The van der Waals surface area contributed by atoms with Crippen LogP contribution in [0.1, 0.15) is 57.6 Å². The molecule has 0 bridgehead atoms. The number of alkyl halides is 3. The van der Waals surface area contributed by atoms with Gasteiger partial charge in [0.25, 0.3) is 5.89 Å². The molecule has 0 aliphatic rings. The first-order valence-electron chi connectivity index (χ1n) is 10.7. The average molecular weight is 478 g/mol. The number of aliphatic carboxylic acids is 1. The number of unbranched alkanes of at least 4 members (excludes halogenated alkanes) is 1. The van der Waals surface area contributed by atoms with Crippen LogP contribution in [0.4, 0.5) is 13.2 Å². The van der Waals surface area contributed by atoms with Crippen molar-refractivity contribution in [1.29, 1.82) is 0 Å². The van der Waals surface area contributed by atoms with Gasteiger partial charge < -0.3 is 19.0 Å². The molecule has 0 radical (unpaired) electrons. The number of aromatic nitrogens is 2. The number of carbonyl (C=O) groups is 1. The fraction of sp³-hybridized carbons (Fsp3) is 0.375. The minimum Gasteiger partial charge on any atom is -0.481 e. The van der Waals surface area contributed by atoms with Gasteiger partial charge in [-0.15, -0.1) is 10.2 Å². The minimum atomic E-state index is -4.43. The Morgan fingerprint density at radius 1 is 1.03 bits per heavy atom. The number of hydrogen-bond acceptors (Lipinski definition) is 6. The fourth-order valence-corrected chi connectivity index (χ4v) is 2.99. The van der Waals surface area contributed by atoms with Crippen LogP contribution < -0.4 is 9.47 Å². The summed E-state index contributed by atoms with van der Waals surface area (Å²) < 4.78 is 55.6. The Labute approximate surface area is 194 Å². The first-order chi connectivity index (χ1) is 16.0. The second-order valence-corrected chi connectivity index (χ2v) is 8.16. The van der Waals surface area contributed by atoms with Gasteiger partial charge in [0.1, 0.15) is 11.5 Å². The normalized spacial score (nSPS) is 12.9. The molecule has 1 N–H and O–H groups in total. The SMILES string of the molecule is CCCCC(Oc1ccc(OC(C)(C)C(=O)O)cc1)c1nnc(-c2ccc(C(F)(F)F)cc2)o1. The third kappa shape index (κ3) is 6.27. The van der Waals surface area contributed by atoms with Gasteiger partial charge in [-0.1, -0.05) is 13.3 Å². The molecule has 3 rings (SSSR count). The Morgan fingerprint density at radius 2 is 1.65 bits per heavy atom. The summed E-state index contributed by atoms with van der Waals surface area (Å²) in [4.78, 5) is 11.2. The summed E-state index contributed by atoms with van der Waals surface area (Å²) in [6, 6.07) is 10.9. The lowest BCUT2D eigenvalue weighted by Gasteiger charge is -2.22. The predicted octanol–water partition coefficient (Wildman–Crippen LogP) is 6.31. The van der Waals surface area contributed by atoms with Crippen molar-refractivity contribution in [2.45, 2.75) is 57.9 Å². The summed E-state index contributed by atoms with van der Waals surface area (Å²) in [6.07, 6.45) is -2.71. The molecular formula is C24H25F3N2O5. The highest BCUT2D eigenvalue weighted by atomic mass is 19.4. The number of carboxylic acid groups (broad SMARTS) is 1. The summed E-state index contributed by atoms with van der Waals surface area (Å²) in [6.45, 7) is 4.92. The van der Waals surface area contributed by atoms with Crippen LogP contribution in [0.5, 0.6) is 11.5 Å². The molecule has 2 aromatic carbocycles. The molecule has 0 fully saturated rings. The van der Waals surface area contributed by atoms with Gasteiger partial charge in [-0.05, 0) is 75.2 Å². The third-order valence-corrected chi connectivity index (χ3v) is 4.99. The Bertz CT molecular complexity index is 1090. The lowest BCUT2D eigenvalue weighted by molar-refractivity contribution is -0.152. The lowest BCUT2D eigenvalue weighted by atomic mass is 10.1. The number of ether oxygens (including phenoxy) is 2. The van der Waals surface area contributed by atoms with E-state index in [2.05, 4.69) is 10.2 Å². The third-order valence-electron chi connectivity index (χ3n) is 4.99. The Hall–Kier alpha value is -3.56. The van der Waals surface area contributed by atoms with Crippen LogP contribution in [0.25, 0.3) is 11.5 Å². The van der Waals surface area contributed by atoms with Crippen molar-refractivity contribution in [3.63, 3.8) is 0 Å². The van der Waals surface area contributed by atoms with Crippen LogP contribution >= 0.6 is 0 Å². The van der Waals surface area contributed by atoms with Crippen LogP contribution in [0.3, 0.4) is 0 Å². The van der Waals surface area contributed by atoms with E-state index in [1.54, 1.807) is 24.3 Å². The van der Waals surface area contributed by atoms with Crippen molar-refractivity contribution in [2.75, 3.05) is 0 Å². The van der Waals surface area contributed by atoms with Crippen molar-refractivity contribution in [3.8, 4) is 23.0 Å². The molecule has 10 heteroatoms. The molecular weight excluding hydrogens is 453 g/mol. The lowest BCUT2D eigenvalue weighted by Crippen LogP contribution is -2.37. The monoisotopic (exact) mass is 478 g/mol. The van der Waals surface area contributed by atoms with E-state index in [4.69, 9.17) is 13.9 Å². The van der Waals surface area contributed by atoms with Crippen molar-refractivity contribution >= 4 is 5.97 Å². The maximum atomic E-state index is 12.8. The Balaban J connectivity index is 1.75. The highest BCUT2D eigenvalue weighted by molar-refractivity contribution is 5.76. The van der Waals surface area contributed by atoms with Gasteiger partial charge in [-0.3, -0.25) is 0 Å². The Morgan fingerprint density at radius 3 is 2.21 bits per heavy atom. The molecule has 7 nitrogen and oxygen atoms in total. The number of halogens is 3. The summed E-state index contributed by atoms with van der Waals surface area (Å²) in [5.74, 6) is 0.0555. The zero-order valence-corrected chi connectivity index (χ0v) is 18.9. The van der Waals surface area contributed by atoms with E-state index in [1.807, 2.05) is 6.92 Å². The molecule has 0 amide bonds. The smallest absolute Gasteiger partial charge is 0.416 e. The summed E-state index contributed by atoms with van der Waals surface area (Å²) in [5, 5.41) is 17.2. The zero-order chi connectivity index (χ0) is 24.9. The summed E-state index contributed by atoms with van der Waals surface area (Å²) in [5.41, 5.74) is -1.78. The number of hydrogen-bond donors (Lipinski definition) is 1. The molecule has 34 heavy (non-hydrogen) atoms. The molecule has 182 valence electrons. The second kappa shape index (κ2) is 10.1. The van der Waals surface area contributed by atoms with Gasteiger partial charge in [-0.2, -0.15) is 13.2 Å². The zero-order valence-electron chi connectivity index (χ0n) is 18.9. The second-order valence-electron chi connectivity index (χ2n) is 8.16. The molecule has 1 aromatic heterocycles. The van der Waals surface area contributed by atoms with Crippen LogP contribution in [0.2, 0.25) is 0 Å². The molecule has 0 aliphatic carbocycles. The topological polar surface area (TPSA) is 94.7 Å². The van der Waals surface area contributed by atoms with E-state index in [1.165, 1.54) is 26.0 Å². The molecule has 0 saturated carbocycles. The van der Waals surface area contributed by atoms with Crippen LogP contribution in [0.15, 0.2) is 52.9 Å². The number of rotatable bonds is 10. The van der Waals surface area contributed by atoms with Gasteiger partial charge in [0, 0.05) is 5.56 Å². The van der Waals surface area contributed by atoms with E-state index in [0.717, 1.165) is 25.0 Å². The van der Waals surface area contributed by atoms with Gasteiger partial charge in [0.05, 0.1) is 5.56 Å². The van der Waals surface area contributed by atoms with E-state index >= 15 is 0 Å². The molecule has 1 atom stereocenters. The van der Waals surface area contributed by atoms with E-state index in [9.17, 15) is 23.1 Å². The summed E-state index contributed by atoms with van der Waals surface area (Å²) >= 11 is 0. The van der Waals surface area contributed by atoms with E-state index < -0.39 is 29.4 Å². The fourth-order valence-electron chi connectivity index (χ4n) is 2.99. The van der Waals surface area contributed by atoms with Crippen molar-refractivity contribution < 1.29 is 37.0 Å². The van der Waals surface area contributed by atoms with Crippen LogP contribution in [-0.2, 0) is 11.0 Å². The molecule has 0 spiro atoms. The molecule has 0 aliphatic heterocycles. The van der Waals surface area contributed by atoms with Gasteiger partial charge >= 0.3 is 12.1 Å². The van der Waals surface area contributed by atoms with Crippen molar-refractivity contribution in [2.24, 2.45) is 0 Å². The van der Waals surface area contributed by atoms with E-state index in [0.29, 0.717) is 23.5 Å². The van der Waals surface area contributed by atoms with Crippen LogP contribution in [0, 0.1) is 0 Å². The quantitative estimate of drug-likeness (QED) is 0.365. The van der Waals surface area contributed by atoms with Gasteiger partial charge in [0.15, 0.2) is 11.7 Å². The maximum absolute atomic E-state index is 12.8. The van der Waals surface area contributed by atoms with Crippen LogP contribution in [-0.4, -0.2) is 26.9 Å². The molecule has 0 saturated heterocycles. The van der Waals surface area contributed by atoms with Gasteiger partial charge in [0.2, 0.25) is 5.89 Å². The first-order valence-corrected chi connectivity index (χ1v) is 10.7. The average Bonchev–Trinajstić information content (AvgIpc) is 3.27.